The fraction of sp³-hybridized carbons (Fsp3) is 0.167. The molecule has 0 amide bonds. The summed E-state index contributed by atoms with van der Waals surface area (Å²) < 4.78 is 12.3. The molecule has 4 heteroatoms. The zero-order chi connectivity index (χ0) is 11.0. The zero-order valence-corrected chi connectivity index (χ0v) is 10.8. The van der Waals surface area contributed by atoms with Crippen LogP contribution in [0.4, 0.5) is 0 Å². The lowest BCUT2D eigenvalue weighted by Crippen LogP contribution is -2.14. The van der Waals surface area contributed by atoms with Crippen molar-refractivity contribution in [1.29, 1.82) is 0 Å². The van der Waals surface area contributed by atoms with Crippen LogP contribution in [0.2, 0.25) is 0 Å². The average Bonchev–Trinajstić information content (AvgIpc) is 2.74. The molecule has 2 aromatic rings. The average molecular weight is 297 g/mol. The molecule has 16 heavy (non-hydrogen) atoms. The SMILES string of the molecule is Brc1ccc(-c2scc3c2OCCO3)cc1. The van der Waals surface area contributed by atoms with Gasteiger partial charge < -0.3 is 9.47 Å². The molecule has 0 aliphatic carbocycles. The highest BCUT2D eigenvalue weighted by Gasteiger charge is 2.19. The summed E-state index contributed by atoms with van der Waals surface area (Å²) >= 11 is 5.09. The maximum Gasteiger partial charge on any atom is 0.179 e. The van der Waals surface area contributed by atoms with Crippen LogP contribution < -0.4 is 9.47 Å². The molecule has 0 spiro atoms. The summed E-state index contributed by atoms with van der Waals surface area (Å²) in [4.78, 5) is 1.14. The van der Waals surface area contributed by atoms with Crippen molar-refractivity contribution in [3.05, 3.63) is 34.1 Å². The van der Waals surface area contributed by atoms with E-state index >= 15 is 0 Å². The summed E-state index contributed by atoms with van der Waals surface area (Å²) in [5.41, 5.74) is 1.17. The lowest BCUT2D eigenvalue weighted by atomic mass is 10.2. The van der Waals surface area contributed by atoms with Gasteiger partial charge in [0.25, 0.3) is 0 Å². The monoisotopic (exact) mass is 296 g/mol. The van der Waals surface area contributed by atoms with Gasteiger partial charge in [0.1, 0.15) is 13.2 Å². The molecule has 0 N–H and O–H groups in total. The first kappa shape index (κ1) is 10.2. The van der Waals surface area contributed by atoms with Gasteiger partial charge in [0.05, 0.1) is 4.88 Å². The van der Waals surface area contributed by atoms with Crippen LogP contribution in [0.3, 0.4) is 0 Å². The number of hydrogen-bond acceptors (Lipinski definition) is 3. The Balaban J connectivity index is 2.06. The van der Waals surface area contributed by atoms with Crippen LogP contribution in [0.15, 0.2) is 34.1 Å². The third kappa shape index (κ3) is 1.72. The molecular weight excluding hydrogens is 288 g/mol. The molecule has 2 nitrogen and oxygen atoms in total. The van der Waals surface area contributed by atoms with E-state index in [-0.39, 0.29) is 0 Å². The van der Waals surface area contributed by atoms with Crippen molar-refractivity contribution >= 4 is 27.3 Å². The molecule has 0 saturated carbocycles. The summed E-state index contributed by atoms with van der Waals surface area (Å²) in [7, 11) is 0. The maximum absolute atomic E-state index is 5.65. The first-order valence-corrected chi connectivity index (χ1v) is 6.65. The molecular formula is C12H9BrO2S. The smallest absolute Gasteiger partial charge is 0.179 e. The van der Waals surface area contributed by atoms with Gasteiger partial charge in [0, 0.05) is 9.85 Å². The number of thiophene rings is 1. The molecule has 1 aromatic carbocycles. The summed E-state index contributed by atoms with van der Waals surface area (Å²) in [5, 5.41) is 2.01. The van der Waals surface area contributed by atoms with E-state index in [9.17, 15) is 0 Å². The van der Waals surface area contributed by atoms with Crippen LogP contribution in [-0.2, 0) is 0 Å². The molecule has 1 aliphatic rings. The summed E-state index contributed by atoms with van der Waals surface area (Å²) in [5.74, 6) is 1.76. The van der Waals surface area contributed by atoms with Gasteiger partial charge in [-0.3, -0.25) is 0 Å². The van der Waals surface area contributed by atoms with Gasteiger partial charge in [-0.2, -0.15) is 0 Å². The number of rotatable bonds is 1. The van der Waals surface area contributed by atoms with Crippen LogP contribution >= 0.6 is 27.3 Å². The number of fused-ring (bicyclic) bond motifs is 1. The van der Waals surface area contributed by atoms with Gasteiger partial charge in [-0.25, -0.2) is 0 Å². The Labute approximate surface area is 106 Å². The van der Waals surface area contributed by atoms with Crippen molar-refractivity contribution in [2.24, 2.45) is 0 Å². The van der Waals surface area contributed by atoms with Gasteiger partial charge in [-0.05, 0) is 17.7 Å². The van der Waals surface area contributed by atoms with Crippen molar-refractivity contribution in [3.8, 4) is 21.9 Å². The Morgan fingerprint density at radius 2 is 1.81 bits per heavy atom. The van der Waals surface area contributed by atoms with E-state index < -0.39 is 0 Å². The first-order chi connectivity index (χ1) is 7.84. The minimum Gasteiger partial charge on any atom is -0.485 e. The molecule has 2 heterocycles. The van der Waals surface area contributed by atoms with Crippen LogP contribution in [0.1, 0.15) is 0 Å². The minimum absolute atomic E-state index is 0.632. The Bertz CT molecular complexity index is 504. The minimum atomic E-state index is 0.632. The highest BCUT2D eigenvalue weighted by molar-refractivity contribution is 9.10. The molecule has 0 bridgehead atoms. The maximum atomic E-state index is 5.65. The van der Waals surface area contributed by atoms with Crippen molar-refractivity contribution < 1.29 is 9.47 Å². The van der Waals surface area contributed by atoms with Crippen molar-refractivity contribution in [1.82, 2.24) is 0 Å². The van der Waals surface area contributed by atoms with E-state index in [0.29, 0.717) is 13.2 Å². The molecule has 1 aliphatic heterocycles. The third-order valence-electron chi connectivity index (χ3n) is 2.41. The van der Waals surface area contributed by atoms with E-state index in [4.69, 9.17) is 9.47 Å². The quantitative estimate of drug-likeness (QED) is 0.793. The molecule has 3 rings (SSSR count). The summed E-state index contributed by atoms with van der Waals surface area (Å²) in [6.07, 6.45) is 0. The van der Waals surface area contributed by atoms with Crippen LogP contribution in [0.25, 0.3) is 10.4 Å². The fourth-order valence-corrected chi connectivity index (χ4v) is 2.87. The summed E-state index contributed by atoms with van der Waals surface area (Å²) in [6.45, 7) is 1.27. The predicted molar refractivity (Wildman–Crippen MR) is 68.4 cm³/mol. The van der Waals surface area contributed by atoms with Gasteiger partial charge in [0.15, 0.2) is 11.5 Å². The lowest BCUT2D eigenvalue weighted by molar-refractivity contribution is 0.174. The highest BCUT2D eigenvalue weighted by atomic mass is 79.9. The topological polar surface area (TPSA) is 18.5 Å². The Morgan fingerprint density at radius 3 is 2.62 bits per heavy atom. The molecule has 82 valence electrons. The normalized spacial score (nSPS) is 13.8. The summed E-state index contributed by atoms with van der Waals surface area (Å²) in [6, 6.07) is 8.22. The van der Waals surface area contributed by atoms with E-state index in [1.807, 2.05) is 17.5 Å². The second kappa shape index (κ2) is 4.11. The van der Waals surface area contributed by atoms with E-state index in [0.717, 1.165) is 20.8 Å². The number of hydrogen-bond donors (Lipinski definition) is 0. The van der Waals surface area contributed by atoms with Crippen molar-refractivity contribution in [3.63, 3.8) is 0 Å². The van der Waals surface area contributed by atoms with Crippen LogP contribution in [0, 0.1) is 0 Å². The second-order valence-corrected chi connectivity index (χ2v) is 5.26. The van der Waals surface area contributed by atoms with Crippen molar-refractivity contribution in [2.75, 3.05) is 13.2 Å². The van der Waals surface area contributed by atoms with Crippen molar-refractivity contribution in [2.45, 2.75) is 0 Å². The van der Waals surface area contributed by atoms with E-state index in [1.165, 1.54) is 5.56 Å². The molecule has 0 radical (unpaired) electrons. The number of ether oxygens (including phenoxy) is 2. The van der Waals surface area contributed by atoms with E-state index in [2.05, 4.69) is 28.1 Å². The number of benzene rings is 1. The van der Waals surface area contributed by atoms with Crippen LogP contribution in [0.5, 0.6) is 11.5 Å². The second-order valence-electron chi connectivity index (χ2n) is 3.46. The molecule has 1 aromatic heterocycles. The fourth-order valence-electron chi connectivity index (χ4n) is 1.66. The molecule has 0 atom stereocenters. The Hall–Kier alpha value is -1.00. The lowest BCUT2D eigenvalue weighted by Gasteiger charge is -2.16. The predicted octanol–water partition coefficient (Wildman–Crippen LogP) is 3.95. The first-order valence-electron chi connectivity index (χ1n) is 4.97. The standard InChI is InChI=1S/C12H9BrO2S/c13-9-3-1-8(2-4-9)12-11-10(7-16-12)14-5-6-15-11/h1-4,7H,5-6H2. The van der Waals surface area contributed by atoms with Gasteiger partial charge in [-0.1, -0.05) is 28.1 Å². The Morgan fingerprint density at radius 1 is 1.06 bits per heavy atom. The molecule has 0 fully saturated rings. The van der Waals surface area contributed by atoms with Crippen LogP contribution in [-0.4, -0.2) is 13.2 Å². The molecule has 0 unspecified atom stereocenters. The highest BCUT2D eigenvalue weighted by Crippen LogP contribution is 2.45. The zero-order valence-electron chi connectivity index (χ0n) is 8.40. The molecule has 0 saturated heterocycles. The van der Waals surface area contributed by atoms with E-state index in [1.54, 1.807) is 11.3 Å². The Kier molecular flexibility index (Phi) is 2.61. The van der Waals surface area contributed by atoms with Gasteiger partial charge in [-0.15, -0.1) is 11.3 Å². The largest absolute Gasteiger partial charge is 0.485 e. The number of halogens is 1. The van der Waals surface area contributed by atoms with Gasteiger partial charge >= 0.3 is 0 Å². The van der Waals surface area contributed by atoms with Gasteiger partial charge in [0.2, 0.25) is 0 Å². The third-order valence-corrected chi connectivity index (χ3v) is 3.92.